The van der Waals surface area contributed by atoms with Gasteiger partial charge in [-0.05, 0) is 37.6 Å². The molecule has 0 N–H and O–H groups in total. The lowest BCUT2D eigenvalue weighted by molar-refractivity contribution is 0.577. The van der Waals surface area contributed by atoms with Gasteiger partial charge in [-0.1, -0.05) is 12.1 Å². The molecule has 0 aliphatic rings. The summed E-state index contributed by atoms with van der Waals surface area (Å²) in [6, 6.07) is 9.15. The molecule has 1 heterocycles. The van der Waals surface area contributed by atoms with Gasteiger partial charge in [0.1, 0.15) is 17.5 Å². The second-order valence-corrected chi connectivity index (χ2v) is 5.61. The maximum Gasteiger partial charge on any atom is 0.150 e. The number of nitrogens with zero attached hydrogens (tertiary/aromatic N) is 2. The zero-order valence-corrected chi connectivity index (χ0v) is 12.3. The van der Waals surface area contributed by atoms with Gasteiger partial charge in [0, 0.05) is 6.07 Å². The van der Waals surface area contributed by atoms with Gasteiger partial charge in [0.2, 0.25) is 0 Å². The average Bonchev–Trinajstić information content (AvgIpc) is 2.80. The summed E-state index contributed by atoms with van der Waals surface area (Å²) in [7, 11) is 0. The molecule has 1 aromatic heterocycles. The topological polar surface area (TPSA) is 17.8 Å². The summed E-state index contributed by atoms with van der Waals surface area (Å²) in [5.41, 5.74) is 2.72. The fraction of sp³-hybridized carbons (Fsp3) is 0.188. The molecule has 0 spiro atoms. The third kappa shape index (κ3) is 2.29. The van der Waals surface area contributed by atoms with Crippen LogP contribution in [0.3, 0.4) is 0 Å². The first-order chi connectivity index (χ1) is 9.99. The SMILES string of the molecule is Cc1cccc2nc(C(C)Cl)n(-c3ccc(F)cc3F)c12. The summed E-state index contributed by atoms with van der Waals surface area (Å²) in [6.45, 7) is 3.70. The van der Waals surface area contributed by atoms with E-state index in [0.717, 1.165) is 22.7 Å². The van der Waals surface area contributed by atoms with Gasteiger partial charge in [0.05, 0.1) is 22.1 Å². The zero-order chi connectivity index (χ0) is 15.1. The minimum Gasteiger partial charge on any atom is -0.292 e. The van der Waals surface area contributed by atoms with E-state index in [2.05, 4.69) is 4.98 Å². The van der Waals surface area contributed by atoms with E-state index in [1.54, 1.807) is 11.5 Å². The highest BCUT2D eigenvalue weighted by atomic mass is 35.5. The monoisotopic (exact) mass is 306 g/mol. The van der Waals surface area contributed by atoms with Crippen LogP contribution in [0.25, 0.3) is 16.7 Å². The standard InChI is InChI=1S/C16H13ClF2N2/c1-9-4-3-5-13-15(9)21(16(20-13)10(2)17)14-7-6-11(18)8-12(14)19/h3-8,10H,1-2H3. The van der Waals surface area contributed by atoms with E-state index in [4.69, 9.17) is 11.6 Å². The van der Waals surface area contributed by atoms with Crippen molar-refractivity contribution in [2.45, 2.75) is 19.2 Å². The Morgan fingerprint density at radius 1 is 1.19 bits per heavy atom. The quantitative estimate of drug-likeness (QED) is 0.615. The number of halogens is 3. The molecule has 1 atom stereocenters. The van der Waals surface area contributed by atoms with Crippen LogP contribution < -0.4 is 0 Å². The van der Waals surface area contributed by atoms with Gasteiger partial charge < -0.3 is 0 Å². The van der Waals surface area contributed by atoms with Crippen LogP contribution in [0.15, 0.2) is 36.4 Å². The molecule has 0 saturated heterocycles. The Kier molecular flexibility index (Phi) is 3.41. The van der Waals surface area contributed by atoms with Crippen molar-refractivity contribution in [1.82, 2.24) is 9.55 Å². The summed E-state index contributed by atoms with van der Waals surface area (Å²) in [5, 5.41) is -0.402. The first-order valence-corrected chi connectivity index (χ1v) is 7.00. The molecule has 0 radical (unpaired) electrons. The molecule has 3 rings (SSSR count). The lowest BCUT2D eigenvalue weighted by Gasteiger charge is -2.12. The van der Waals surface area contributed by atoms with Gasteiger partial charge in [0.25, 0.3) is 0 Å². The molecular formula is C16H13ClF2N2. The smallest absolute Gasteiger partial charge is 0.150 e. The number of benzene rings is 2. The first kappa shape index (κ1) is 14.0. The maximum atomic E-state index is 14.2. The number of aryl methyl sites for hydroxylation is 1. The molecule has 21 heavy (non-hydrogen) atoms. The van der Waals surface area contributed by atoms with Gasteiger partial charge in [-0.15, -0.1) is 11.6 Å². The Balaban J connectivity index is 2.41. The average molecular weight is 307 g/mol. The number of alkyl halides is 1. The van der Waals surface area contributed by atoms with Crippen molar-refractivity contribution in [3.63, 3.8) is 0 Å². The predicted molar refractivity (Wildman–Crippen MR) is 80.0 cm³/mol. The first-order valence-electron chi connectivity index (χ1n) is 6.56. The second kappa shape index (κ2) is 5.11. The Morgan fingerprint density at radius 2 is 1.95 bits per heavy atom. The number of hydrogen-bond donors (Lipinski definition) is 0. The highest BCUT2D eigenvalue weighted by Gasteiger charge is 2.19. The minimum absolute atomic E-state index is 0.246. The largest absolute Gasteiger partial charge is 0.292 e. The number of hydrogen-bond acceptors (Lipinski definition) is 1. The Hall–Kier alpha value is -1.94. The third-order valence-corrected chi connectivity index (χ3v) is 3.61. The highest BCUT2D eigenvalue weighted by molar-refractivity contribution is 6.20. The maximum absolute atomic E-state index is 14.2. The van der Waals surface area contributed by atoms with E-state index >= 15 is 0 Å². The van der Waals surface area contributed by atoms with E-state index in [-0.39, 0.29) is 5.69 Å². The van der Waals surface area contributed by atoms with E-state index in [9.17, 15) is 8.78 Å². The van der Waals surface area contributed by atoms with Gasteiger partial charge in [0.15, 0.2) is 0 Å². The Bertz CT molecular complexity index is 825. The van der Waals surface area contributed by atoms with Gasteiger partial charge in [-0.2, -0.15) is 0 Å². The fourth-order valence-electron chi connectivity index (χ4n) is 2.49. The Labute approximate surface area is 126 Å². The van der Waals surface area contributed by atoms with E-state index in [0.29, 0.717) is 5.82 Å². The van der Waals surface area contributed by atoms with E-state index in [1.807, 2.05) is 25.1 Å². The van der Waals surface area contributed by atoms with Crippen molar-refractivity contribution < 1.29 is 8.78 Å². The summed E-state index contributed by atoms with van der Waals surface area (Å²) in [6.07, 6.45) is 0. The molecule has 108 valence electrons. The lowest BCUT2D eigenvalue weighted by atomic mass is 10.2. The van der Waals surface area contributed by atoms with Crippen LogP contribution in [-0.2, 0) is 0 Å². The second-order valence-electron chi connectivity index (χ2n) is 4.96. The van der Waals surface area contributed by atoms with E-state index in [1.165, 1.54) is 12.1 Å². The van der Waals surface area contributed by atoms with E-state index < -0.39 is 17.0 Å². The summed E-state index contributed by atoms with van der Waals surface area (Å²) < 4.78 is 29.0. The molecule has 0 bridgehead atoms. The van der Waals surface area contributed by atoms with Crippen molar-refractivity contribution in [1.29, 1.82) is 0 Å². The number of para-hydroxylation sites is 1. The molecular weight excluding hydrogens is 294 g/mol. The van der Waals surface area contributed by atoms with Crippen molar-refractivity contribution in [2.24, 2.45) is 0 Å². The normalized spacial score (nSPS) is 12.8. The molecule has 1 unspecified atom stereocenters. The van der Waals surface area contributed by atoms with Gasteiger partial charge >= 0.3 is 0 Å². The number of imidazole rings is 1. The van der Waals surface area contributed by atoms with Crippen molar-refractivity contribution >= 4 is 22.6 Å². The molecule has 5 heteroatoms. The molecule has 0 aliphatic carbocycles. The molecule has 2 nitrogen and oxygen atoms in total. The summed E-state index contributed by atoms with van der Waals surface area (Å²) in [5.74, 6) is -0.722. The summed E-state index contributed by atoms with van der Waals surface area (Å²) in [4.78, 5) is 4.48. The molecule has 3 aromatic rings. The van der Waals surface area contributed by atoms with Gasteiger partial charge in [-0.25, -0.2) is 13.8 Å². The highest BCUT2D eigenvalue weighted by Crippen LogP contribution is 2.31. The number of aromatic nitrogens is 2. The van der Waals surface area contributed by atoms with Crippen LogP contribution in [0.4, 0.5) is 8.78 Å². The molecule has 0 aliphatic heterocycles. The lowest BCUT2D eigenvalue weighted by Crippen LogP contribution is -2.05. The van der Waals surface area contributed by atoms with Crippen LogP contribution in [0, 0.1) is 18.6 Å². The molecule has 2 aromatic carbocycles. The van der Waals surface area contributed by atoms with Crippen LogP contribution in [0.5, 0.6) is 0 Å². The van der Waals surface area contributed by atoms with Crippen molar-refractivity contribution in [3.8, 4) is 5.69 Å². The van der Waals surface area contributed by atoms with Crippen LogP contribution in [0.1, 0.15) is 23.7 Å². The molecule has 0 saturated carbocycles. The Morgan fingerprint density at radius 3 is 2.62 bits per heavy atom. The van der Waals surface area contributed by atoms with Crippen LogP contribution in [-0.4, -0.2) is 9.55 Å². The van der Waals surface area contributed by atoms with Crippen LogP contribution in [0.2, 0.25) is 0 Å². The van der Waals surface area contributed by atoms with Crippen molar-refractivity contribution in [3.05, 3.63) is 59.4 Å². The molecule has 0 amide bonds. The minimum atomic E-state index is -0.642. The summed E-state index contributed by atoms with van der Waals surface area (Å²) >= 11 is 6.19. The third-order valence-electron chi connectivity index (χ3n) is 3.41. The van der Waals surface area contributed by atoms with Crippen molar-refractivity contribution in [2.75, 3.05) is 0 Å². The van der Waals surface area contributed by atoms with Crippen LogP contribution >= 0.6 is 11.6 Å². The molecule has 0 fully saturated rings. The van der Waals surface area contributed by atoms with Gasteiger partial charge in [-0.3, -0.25) is 4.57 Å². The number of fused-ring (bicyclic) bond motifs is 1. The number of rotatable bonds is 2. The predicted octanol–water partition coefficient (Wildman–Crippen LogP) is 4.91. The zero-order valence-electron chi connectivity index (χ0n) is 11.6. The fourth-order valence-corrected chi connectivity index (χ4v) is 2.63.